The number of rotatable bonds is 10. The first-order valence-electron chi connectivity index (χ1n) is 24.1. The SMILES string of the molecule is CC[C@H]1OC(=O)[C@H](C)[C@@H](O[C@H]2C[C@@](C)(OC)[C@@H](O)[C@H](C)O2)C(C)[C@@H](O[C@@H]2O[C@H](C)C[C@H](N(C)C)[C@H]2O)[C@](C)(OC)C[C@@H](C)C(=O)[C@H](C)[C@@H](O)[C@]1(C)O.O=C(O)c1ccccc1.O=C(O)c1ccccc1. The molecule has 2 aromatic carbocycles. The second-order valence-electron chi connectivity index (χ2n) is 20.0. The Morgan fingerprint density at radius 1 is 0.743 bits per heavy atom. The van der Waals surface area contributed by atoms with E-state index in [4.69, 9.17) is 43.4 Å². The van der Waals surface area contributed by atoms with Crippen LogP contribution in [0, 0.1) is 23.7 Å². The zero-order valence-electron chi connectivity index (χ0n) is 43.4. The maximum absolute atomic E-state index is 14.2. The minimum atomic E-state index is -1.96. The number of ether oxygens (including phenoxy) is 7. The number of aliphatic hydroxyl groups excluding tert-OH is 3. The third-order valence-electron chi connectivity index (χ3n) is 14.3. The average molecular weight is 992 g/mol. The van der Waals surface area contributed by atoms with Crippen molar-refractivity contribution >= 4 is 23.7 Å². The number of carbonyl (C=O) groups is 4. The van der Waals surface area contributed by atoms with Gasteiger partial charge in [0.2, 0.25) is 0 Å². The molecular formula is C52H81NO17. The summed E-state index contributed by atoms with van der Waals surface area (Å²) in [6.07, 6.45) is -8.73. The van der Waals surface area contributed by atoms with E-state index in [0.29, 0.717) is 17.5 Å². The molecule has 0 amide bonds. The van der Waals surface area contributed by atoms with Crippen LogP contribution in [0.4, 0.5) is 0 Å². The van der Waals surface area contributed by atoms with Gasteiger partial charge in [0, 0.05) is 44.4 Å². The van der Waals surface area contributed by atoms with Crippen LogP contribution in [0.2, 0.25) is 0 Å². The van der Waals surface area contributed by atoms with Crippen molar-refractivity contribution in [1.82, 2.24) is 4.90 Å². The van der Waals surface area contributed by atoms with Crippen LogP contribution in [0.1, 0.15) is 116 Å². The first-order valence-corrected chi connectivity index (χ1v) is 24.1. The Bertz CT molecular complexity index is 1900. The average Bonchev–Trinajstić information content (AvgIpc) is 3.33. The second-order valence-corrected chi connectivity index (χ2v) is 20.0. The van der Waals surface area contributed by atoms with E-state index in [-0.39, 0.29) is 37.2 Å². The van der Waals surface area contributed by atoms with Gasteiger partial charge in [0.15, 0.2) is 12.6 Å². The number of nitrogens with zero attached hydrogens (tertiary/aromatic N) is 1. The highest BCUT2D eigenvalue weighted by Gasteiger charge is 2.54. The van der Waals surface area contributed by atoms with Gasteiger partial charge in [-0.05, 0) is 99.2 Å². The summed E-state index contributed by atoms with van der Waals surface area (Å²) >= 11 is 0. The minimum absolute atomic E-state index is 0.111. The molecule has 18 heteroatoms. The number of carboxylic acids is 2. The van der Waals surface area contributed by atoms with E-state index in [2.05, 4.69) is 0 Å². The van der Waals surface area contributed by atoms with Gasteiger partial charge in [-0.3, -0.25) is 9.59 Å². The monoisotopic (exact) mass is 992 g/mol. The largest absolute Gasteiger partial charge is 0.478 e. The van der Waals surface area contributed by atoms with Gasteiger partial charge in [-0.1, -0.05) is 64.1 Å². The number of Topliss-reactive ketones (excluding diaryl/α,β-unsaturated/α-hetero) is 1. The Hall–Kier alpha value is -3.92. The quantitative estimate of drug-likeness (QED) is 0.167. The molecule has 2 aromatic rings. The number of hydrogen-bond donors (Lipinski definition) is 6. The number of benzene rings is 2. The maximum Gasteiger partial charge on any atom is 0.335 e. The number of likely N-dealkylation sites (N-methyl/N-ethyl adjacent to an activating group) is 1. The molecule has 396 valence electrons. The Kier molecular flexibility index (Phi) is 22.6. The normalized spacial score (nSPS) is 38.7. The molecule has 3 aliphatic heterocycles. The number of ketones is 1. The lowest BCUT2D eigenvalue weighted by Gasteiger charge is -2.50. The molecule has 1 unspecified atom stereocenters. The molecule has 18 atom stereocenters. The number of esters is 1. The Morgan fingerprint density at radius 3 is 1.70 bits per heavy atom. The lowest BCUT2D eigenvalue weighted by atomic mass is 9.74. The van der Waals surface area contributed by atoms with Crippen molar-refractivity contribution in [2.75, 3.05) is 28.3 Å². The van der Waals surface area contributed by atoms with Crippen LogP contribution < -0.4 is 0 Å². The summed E-state index contributed by atoms with van der Waals surface area (Å²) in [4.78, 5) is 50.5. The Morgan fingerprint density at radius 2 is 1.26 bits per heavy atom. The highest BCUT2D eigenvalue weighted by atomic mass is 16.7. The number of aliphatic hydroxyl groups is 4. The number of carboxylic acid groups (broad SMARTS) is 2. The molecule has 3 saturated heterocycles. The van der Waals surface area contributed by atoms with Crippen LogP contribution >= 0.6 is 0 Å². The van der Waals surface area contributed by atoms with Crippen LogP contribution in [0.5, 0.6) is 0 Å². The summed E-state index contributed by atoms with van der Waals surface area (Å²) in [6.45, 7) is 17.1. The molecule has 3 heterocycles. The fraction of sp³-hybridized carbons (Fsp3) is 0.692. The van der Waals surface area contributed by atoms with E-state index in [9.17, 15) is 39.6 Å². The van der Waals surface area contributed by atoms with Crippen LogP contribution in [-0.2, 0) is 42.7 Å². The maximum atomic E-state index is 14.2. The van der Waals surface area contributed by atoms with Crippen LogP contribution in [0.25, 0.3) is 0 Å². The third-order valence-corrected chi connectivity index (χ3v) is 14.3. The van der Waals surface area contributed by atoms with Crippen molar-refractivity contribution in [1.29, 1.82) is 0 Å². The summed E-state index contributed by atoms with van der Waals surface area (Å²) in [5, 5.41) is 62.3. The molecule has 0 bridgehead atoms. The molecule has 6 N–H and O–H groups in total. The lowest BCUT2D eigenvalue weighted by Crippen LogP contribution is -2.61. The fourth-order valence-corrected chi connectivity index (χ4v) is 9.75. The molecule has 5 rings (SSSR count). The molecule has 0 saturated carbocycles. The van der Waals surface area contributed by atoms with Crippen LogP contribution in [-0.4, -0.2) is 172 Å². The molecule has 0 spiro atoms. The van der Waals surface area contributed by atoms with E-state index >= 15 is 0 Å². The van der Waals surface area contributed by atoms with E-state index in [1.165, 1.54) is 21.1 Å². The zero-order valence-corrected chi connectivity index (χ0v) is 43.4. The van der Waals surface area contributed by atoms with Crippen molar-refractivity contribution in [2.45, 2.75) is 179 Å². The topological polar surface area (TPSA) is 258 Å². The number of aromatic carboxylic acids is 2. The molecule has 0 aliphatic carbocycles. The number of cyclic esters (lactones) is 1. The fourth-order valence-electron chi connectivity index (χ4n) is 9.75. The standard InChI is InChI=1S/C38H69NO13.2C7H6O2/c1-15-26-38(10,45)31(42)21(4)28(40)19(2)17-37(9,47-14)33(52-35-29(41)25(39(11)12)16-20(3)48-35)22(5)30(23(6)34(44)50-26)51-27-18-36(8,46-13)32(43)24(7)49-27;2*8-7(9)6-4-2-1-3-5-6/h19-27,29-33,35,41-43,45H,15-18H2,1-14H3;2*1-5H,(H,8,9)/t19-,20-,21+,22?,23-,24+,25+,26-,27+,29-,30+,31-,32+,33-,35+,36-,37-,38-;;/m1../s1. The molecule has 3 aliphatic rings. The van der Waals surface area contributed by atoms with Crippen molar-refractivity contribution in [3.05, 3.63) is 71.8 Å². The lowest BCUT2D eigenvalue weighted by molar-refractivity contribution is -0.319. The smallest absolute Gasteiger partial charge is 0.335 e. The van der Waals surface area contributed by atoms with Crippen molar-refractivity contribution in [3.63, 3.8) is 0 Å². The first kappa shape index (κ1) is 60.4. The van der Waals surface area contributed by atoms with E-state index in [0.717, 1.165) is 0 Å². The van der Waals surface area contributed by atoms with E-state index in [1.807, 2.05) is 32.8 Å². The Labute approximate surface area is 413 Å². The predicted molar refractivity (Wildman–Crippen MR) is 258 cm³/mol. The minimum Gasteiger partial charge on any atom is -0.478 e. The van der Waals surface area contributed by atoms with Gasteiger partial charge in [0.1, 0.15) is 29.7 Å². The second kappa shape index (κ2) is 26.2. The summed E-state index contributed by atoms with van der Waals surface area (Å²) in [6, 6.07) is 16.3. The molecular weight excluding hydrogens is 911 g/mol. The predicted octanol–water partition coefficient (Wildman–Crippen LogP) is 5.21. The van der Waals surface area contributed by atoms with Crippen LogP contribution in [0.15, 0.2) is 60.7 Å². The van der Waals surface area contributed by atoms with Crippen molar-refractivity contribution in [2.24, 2.45) is 23.7 Å². The summed E-state index contributed by atoms with van der Waals surface area (Å²) in [5.74, 6) is -6.23. The summed E-state index contributed by atoms with van der Waals surface area (Å²) in [7, 11) is 6.77. The zero-order chi connectivity index (χ0) is 53.1. The number of methoxy groups -OCH3 is 2. The van der Waals surface area contributed by atoms with Crippen LogP contribution in [0.3, 0.4) is 0 Å². The van der Waals surface area contributed by atoms with Crippen molar-refractivity contribution < 1.29 is 83.0 Å². The molecule has 3 fully saturated rings. The number of hydrogen-bond acceptors (Lipinski definition) is 16. The first-order chi connectivity index (χ1) is 32.6. The van der Waals surface area contributed by atoms with Gasteiger partial charge in [0.25, 0.3) is 0 Å². The van der Waals surface area contributed by atoms with E-state index < -0.39 is 114 Å². The van der Waals surface area contributed by atoms with Gasteiger partial charge in [-0.2, -0.15) is 0 Å². The van der Waals surface area contributed by atoms with Gasteiger partial charge < -0.3 is 68.7 Å². The summed E-state index contributed by atoms with van der Waals surface area (Å²) < 4.78 is 43.9. The van der Waals surface area contributed by atoms with Gasteiger partial charge in [-0.15, -0.1) is 0 Å². The van der Waals surface area contributed by atoms with Crippen molar-refractivity contribution in [3.8, 4) is 0 Å². The van der Waals surface area contributed by atoms with E-state index in [1.54, 1.807) is 109 Å². The highest BCUT2D eigenvalue weighted by Crippen LogP contribution is 2.42. The molecule has 18 nitrogen and oxygen atoms in total. The van der Waals surface area contributed by atoms with Gasteiger partial charge in [0.05, 0.1) is 58.8 Å². The molecule has 70 heavy (non-hydrogen) atoms. The van der Waals surface area contributed by atoms with Gasteiger partial charge in [-0.25, -0.2) is 9.59 Å². The molecule has 0 radical (unpaired) electrons. The Balaban J connectivity index is 0.000000593. The molecule has 0 aromatic heterocycles. The highest BCUT2D eigenvalue weighted by molar-refractivity contribution is 5.87. The third kappa shape index (κ3) is 15.1. The van der Waals surface area contributed by atoms with Gasteiger partial charge >= 0.3 is 17.9 Å². The number of carbonyl (C=O) groups excluding carboxylic acids is 2. The summed E-state index contributed by atoms with van der Waals surface area (Å²) in [5.41, 5.74) is -3.58.